The summed E-state index contributed by atoms with van der Waals surface area (Å²) in [5.74, 6) is 0.911. The monoisotopic (exact) mass is 212 g/mol. The first-order valence-corrected chi connectivity index (χ1v) is 6.04. The lowest BCUT2D eigenvalue weighted by atomic mass is 9.55. The minimum absolute atomic E-state index is 0.236. The lowest BCUT2D eigenvalue weighted by molar-refractivity contribution is -0.0548. The summed E-state index contributed by atoms with van der Waals surface area (Å²) >= 11 is 0. The smallest absolute Gasteiger partial charge is 0.194 e. The second kappa shape index (κ2) is 2.98. The van der Waals surface area contributed by atoms with E-state index in [0.717, 1.165) is 6.42 Å². The topological polar surface area (TPSA) is 25.1 Å². The Labute approximate surface area is 93.3 Å². The minimum Gasteiger partial charge on any atom is -0.194 e. The molecule has 1 saturated carbocycles. The van der Waals surface area contributed by atoms with Gasteiger partial charge in [0.2, 0.25) is 5.79 Å². The van der Waals surface area contributed by atoms with E-state index in [-0.39, 0.29) is 11.2 Å². The van der Waals surface area contributed by atoms with Gasteiger partial charge in [0, 0.05) is 12.3 Å². The van der Waals surface area contributed by atoms with Gasteiger partial charge in [0.1, 0.15) is 0 Å². The van der Waals surface area contributed by atoms with Crippen molar-refractivity contribution < 1.29 is 9.78 Å². The lowest BCUT2D eigenvalue weighted by Crippen LogP contribution is -2.50. The highest BCUT2D eigenvalue weighted by molar-refractivity contribution is 5.03. The van der Waals surface area contributed by atoms with Crippen molar-refractivity contribution >= 4 is 0 Å². The van der Waals surface area contributed by atoms with E-state index >= 15 is 0 Å². The van der Waals surface area contributed by atoms with Gasteiger partial charge in [-0.3, -0.25) is 0 Å². The summed E-state index contributed by atoms with van der Waals surface area (Å²) in [6.07, 6.45) is 2.32. The van der Waals surface area contributed by atoms with Gasteiger partial charge in [-0.2, -0.15) is 9.78 Å². The molecule has 2 atom stereocenters. The van der Waals surface area contributed by atoms with Crippen LogP contribution in [-0.4, -0.2) is 5.79 Å². The van der Waals surface area contributed by atoms with E-state index in [1.54, 1.807) is 0 Å². The molecule has 15 heavy (non-hydrogen) atoms. The van der Waals surface area contributed by atoms with Crippen molar-refractivity contribution in [2.75, 3.05) is 0 Å². The fourth-order valence-corrected chi connectivity index (χ4v) is 4.34. The van der Waals surface area contributed by atoms with Crippen molar-refractivity contribution in [2.45, 2.75) is 60.2 Å². The molecule has 0 N–H and O–H groups in total. The fraction of sp³-hybridized carbons (Fsp3) is 1.00. The van der Waals surface area contributed by atoms with Gasteiger partial charge < -0.3 is 0 Å². The van der Waals surface area contributed by atoms with Crippen molar-refractivity contribution in [2.24, 2.45) is 22.7 Å². The van der Waals surface area contributed by atoms with Gasteiger partial charge in [-0.1, -0.05) is 41.5 Å². The lowest BCUT2D eigenvalue weighted by Gasteiger charge is -2.49. The molecule has 2 heteroatoms. The first kappa shape index (κ1) is 11.4. The van der Waals surface area contributed by atoms with Crippen LogP contribution in [0, 0.1) is 22.7 Å². The average Bonchev–Trinajstić information content (AvgIpc) is 2.59. The van der Waals surface area contributed by atoms with E-state index in [2.05, 4.69) is 41.5 Å². The van der Waals surface area contributed by atoms with Crippen LogP contribution in [0.15, 0.2) is 0 Å². The Morgan fingerprint density at radius 2 is 1.60 bits per heavy atom. The molecule has 0 aromatic carbocycles. The van der Waals surface area contributed by atoms with Crippen molar-refractivity contribution in [3.63, 3.8) is 0 Å². The molecular weight excluding hydrogens is 188 g/mol. The molecule has 1 saturated heterocycles. The van der Waals surface area contributed by atoms with Crippen molar-refractivity contribution in [1.82, 2.24) is 0 Å². The van der Waals surface area contributed by atoms with Gasteiger partial charge in [-0.15, -0.1) is 0 Å². The van der Waals surface area contributed by atoms with Gasteiger partial charge in [0.25, 0.3) is 0 Å². The summed E-state index contributed by atoms with van der Waals surface area (Å²) in [5, 5.41) is 0. The zero-order valence-electron chi connectivity index (χ0n) is 10.9. The summed E-state index contributed by atoms with van der Waals surface area (Å²) in [6, 6.07) is 0. The Morgan fingerprint density at radius 1 is 1.07 bits per heavy atom. The van der Waals surface area contributed by atoms with Crippen molar-refractivity contribution in [3.05, 3.63) is 0 Å². The Hall–Kier alpha value is -0.0800. The highest BCUT2D eigenvalue weighted by Crippen LogP contribution is 2.62. The standard InChI is InChI=1S/C13H24O2/c1-9-7-12(5,6)10(11(2,3)4)13(8-9)14-15-13/h9-10H,7-8H2,1-6H3. The first-order valence-electron chi connectivity index (χ1n) is 6.04. The summed E-state index contributed by atoms with van der Waals surface area (Å²) in [6.45, 7) is 13.9. The van der Waals surface area contributed by atoms with E-state index < -0.39 is 0 Å². The van der Waals surface area contributed by atoms with E-state index in [9.17, 15) is 0 Å². The molecule has 2 rings (SSSR count). The Kier molecular flexibility index (Phi) is 2.27. The van der Waals surface area contributed by atoms with E-state index in [1.165, 1.54) is 6.42 Å². The zero-order valence-corrected chi connectivity index (χ0v) is 10.9. The molecular formula is C13H24O2. The largest absolute Gasteiger partial charge is 0.238 e. The molecule has 1 heterocycles. The zero-order chi connectivity index (χ0) is 11.5. The Morgan fingerprint density at radius 3 is 2.00 bits per heavy atom. The Bertz CT molecular complexity index is 250. The highest BCUT2D eigenvalue weighted by atomic mass is 17.4. The third-order valence-corrected chi connectivity index (χ3v) is 3.89. The predicted octanol–water partition coefficient (Wildman–Crippen LogP) is 3.76. The van der Waals surface area contributed by atoms with Gasteiger partial charge in [-0.25, -0.2) is 0 Å². The quantitative estimate of drug-likeness (QED) is 0.451. The molecule has 2 unspecified atom stereocenters. The van der Waals surface area contributed by atoms with E-state index in [1.807, 2.05) is 0 Å². The molecule has 88 valence electrons. The van der Waals surface area contributed by atoms with E-state index in [4.69, 9.17) is 9.78 Å². The van der Waals surface area contributed by atoms with Crippen LogP contribution in [0.3, 0.4) is 0 Å². The van der Waals surface area contributed by atoms with Crippen LogP contribution >= 0.6 is 0 Å². The number of hydrogen-bond acceptors (Lipinski definition) is 2. The van der Waals surface area contributed by atoms with Gasteiger partial charge in [0.15, 0.2) is 0 Å². The first-order chi connectivity index (χ1) is 6.67. The molecule has 1 spiro atoms. The molecule has 2 nitrogen and oxygen atoms in total. The molecule has 2 aliphatic rings. The van der Waals surface area contributed by atoms with Crippen molar-refractivity contribution in [1.29, 1.82) is 0 Å². The molecule has 0 aromatic heterocycles. The van der Waals surface area contributed by atoms with Crippen LogP contribution in [0.1, 0.15) is 54.4 Å². The van der Waals surface area contributed by atoms with Crippen LogP contribution in [0.2, 0.25) is 0 Å². The van der Waals surface area contributed by atoms with Gasteiger partial charge in [-0.05, 0) is 23.2 Å². The molecule has 1 aliphatic carbocycles. The van der Waals surface area contributed by atoms with Crippen molar-refractivity contribution in [3.8, 4) is 0 Å². The maximum absolute atomic E-state index is 5.38. The maximum Gasteiger partial charge on any atom is 0.238 e. The normalized spacial score (nSPS) is 38.0. The fourth-order valence-electron chi connectivity index (χ4n) is 4.34. The second-order valence-electron chi connectivity index (χ2n) is 7.28. The second-order valence-corrected chi connectivity index (χ2v) is 7.28. The summed E-state index contributed by atoms with van der Waals surface area (Å²) in [4.78, 5) is 10.8. The number of hydrogen-bond donors (Lipinski definition) is 0. The molecule has 1 aliphatic heterocycles. The van der Waals surface area contributed by atoms with Crippen LogP contribution in [0.25, 0.3) is 0 Å². The predicted molar refractivity (Wildman–Crippen MR) is 60.0 cm³/mol. The molecule has 0 radical (unpaired) electrons. The Balaban J connectivity index is 2.32. The van der Waals surface area contributed by atoms with E-state index in [0.29, 0.717) is 17.3 Å². The molecule has 0 bridgehead atoms. The summed E-state index contributed by atoms with van der Waals surface area (Å²) in [7, 11) is 0. The van der Waals surface area contributed by atoms with Crippen LogP contribution in [-0.2, 0) is 9.78 Å². The molecule has 2 fully saturated rings. The molecule has 0 amide bonds. The van der Waals surface area contributed by atoms with Gasteiger partial charge in [0.05, 0.1) is 0 Å². The van der Waals surface area contributed by atoms with Crippen LogP contribution in [0.4, 0.5) is 0 Å². The molecule has 0 aromatic rings. The third kappa shape index (κ3) is 1.83. The summed E-state index contributed by atoms with van der Waals surface area (Å²) < 4.78 is 0. The third-order valence-electron chi connectivity index (χ3n) is 3.89. The minimum atomic E-state index is -0.264. The van der Waals surface area contributed by atoms with Crippen LogP contribution < -0.4 is 0 Å². The average molecular weight is 212 g/mol. The summed E-state index contributed by atoms with van der Waals surface area (Å²) in [5.41, 5.74) is 0.534. The van der Waals surface area contributed by atoms with Gasteiger partial charge >= 0.3 is 0 Å². The number of rotatable bonds is 0. The highest BCUT2D eigenvalue weighted by Gasteiger charge is 2.66. The maximum atomic E-state index is 5.38. The SMILES string of the molecule is CC1CC(C)(C)C(C(C)(C)C)C2(C1)OO2. The van der Waals surface area contributed by atoms with Crippen LogP contribution in [0.5, 0.6) is 0 Å².